The number of piperazine rings is 1. The molecule has 0 aromatic heterocycles. The lowest BCUT2D eigenvalue weighted by Crippen LogP contribution is -2.54. The Balaban J connectivity index is 1.42. The molecule has 2 aliphatic heterocycles. The summed E-state index contributed by atoms with van der Waals surface area (Å²) in [5.41, 5.74) is 1.18. The van der Waals surface area contributed by atoms with Crippen LogP contribution < -0.4 is 4.74 Å². The van der Waals surface area contributed by atoms with Gasteiger partial charge in [0, 0.05) is 58.8 Å². The second kappa shape index (κ2) is 10.9. The molecule has 162 valence electrons. The standard InChI is InChI=1S/C21H33N3O5/c1-17(26)23-6-8-24(9-7-23)20-15-22(16-21(20)27)14-18-2-4-19(5-3-18)29-13-12-28-11-10-25/h2-5,20-21,25,27H,6-16H2,1H3/t20-,21-/m0/s1. The van der Waals surface area contributed by atoms with Gasteiger partial charge in [0.15, 0.2) is 0 Å². The van der Waals surface area contributed by atoms with Crippen molar-refractivity contribution in [3.05, 3.63) is 29.8 Å². The first-order valence-electron chi connectivity index (χ1n) is 10.4. The summed E-state index contributed by atoms with van der Waals surface area (Å²) in [5.74, 6) is 0.924. The van der Waals surface area contributed by atoms with Crippen LogP contribution >= 0.6 is 0 Å². The van der Waals surface area contributed by atoms with E-state index < -0.39 is 0 Å². The molecule has 2 heterocycles. The van der Waals surface area contributed by atoms with Crippen molar-refractivity contribution in [2.45, 2.75) is 25.6 Å². The monoisotopic (exact) mass is 407 g/mol. The van der Waals surface area contributed by atoms with E-state index in [2.05, 4.69) is 21.9 Å². The molecule has 0 aliphatic carbocycles. The van der Waals surface area contributed by atoms with Crippen LogP contribution in [0.4, 0.5) is 0 Å². The Morgan fingerprint density at radius 3 is 2.45 bits per heavy atom. The van der Waals surface area contributed by atoms with Gasteiger partial charge in [-0.15, -0.1) is 0 Å². The summed E-state index contributed by atoms with van der Waals surface area (Å²) in [6, 6.07) is 8.13. The van der Waals surface area contributed by atoms with Gasteiger partial charge in [-0.1, -0.05) is 12.1 Å². The maximum absolute atomic E-state index is 11.5. The van der Waals surface area contributed by atoms with E-state index >= 15 is 0 Å². The molecule has 2 fully saturated rings. The van der Waals surface area contributed by atoms with Crippen molar-refractivity contribution < 1.29 is 24.5 Å². The molecule has 2 N–H and O–H groups in total. The summed E-state index contributed by atoms with van der Waals surface area (Å²) < 4.78 is 10.8. The Bertz CT molecular complexity index is 634. The quantitative estimate of drug-likeness (QED) is 0.548. The van der Waals surface area contributed by atoms with Crippen LogP contribution in [0.2, 0.25) is 0 Å². The highest BCUT2D eigenvalue weighted by Crippen LogP contribution is 2.21. The van der Waals surface area contributed by atoms with E-state index in [1.807, 2.05) is 17.0 Å². The zero-order valence-corrected chi connectivity index (χ0v) is 17.2. The van der Waals surface area contributed by atoms with Gasteiger partial charge in [-0.25, -0.2) is 0 Å². The van der Waals surface area contributed by atoms with Crippen LogP contribution in [-0.4, -0.2) is 109 Å². The molecule has 0 bridgehead atoms. The van der Waals surface area contributed by atoms with Crippen LogP contribution in [0.5, 0.6) is 5.75 Å². The molecule has 0 unspecified atom stereocenters. The van der Waals surface area contributed by atoms with E-state index in [1.165, 1.54) is 5.56 Å². The Morgan fingerprint density at radius 1 is 1.07 bits per heavy atom. The number of aliphatic hydroxyl groups is 2. The van der Waals surface area contributed by atoms with Crippen molar-refractivity contribution in [3.8, 4) is 5.75 Å². The summed E-state index contributed by atoms with van der Waals surface area (Å²) >= 11 is 0. The zero-order valence-electron chi connectivity index (χ0n) is 17.2. The largest absolute Gasteiger partial charge is 0.491 e. The van der Waals surface area contributed by atoms with Crippen LogP contribution in [0, 0.1) is 0 Å². The first kappa shape index (κ1) is 22.0. The molecular weight excluding hydrogens is 374 g/mol. The smallest absolute Gasteiger partial charge is 0.219 e. The molecule has 1 aromatic carbocycles. The topological polar surface area (TPSA) is 85.7 Å². The molecule has 0 saturated carbocycles. The third-order valence-electron chi connectivity index (χ3n) is 5.62. The van der Waals surface area contributed by atoms with E-state index in [9.17, 15) is 9.90 Å². The van der Waals surface area contributed by atoms with Crippen molar-refractivity contribution in [2.75, 3.05) is 65.7 Å². The summed E-state index contributed by atoms with van der Waals surface area (Å²) in [4.78, 5) is 18.0. The molecule has 0 radical (unpaired) electrons. The van der Waals surface area contributed by atoms with E-state index in [0.717, 1.165) is 45.0 Å². The van der Waals surface area contributed by atoms with E-state index in [4.69, 9.17) is 14.6 Å². The van der Waals surface area contributed by atoms with Crippen LogP contribution in [-0.2, 0) is 16.1 Å². The third kappa shape index (κ3) is 6.38. The minimum absolute atomic E-state index is 0.0232. The molecular formula is C21H33N3O5. The van der Waals surface area contributed by atoms with Gasteiger partial charge in [-0.05, 0) is 17.7 Å². The number of rotatable bonds is 9. The minimum Gasteiger partial charge on any atom is -0.491 e. The number of hydrogen-bond acceptors (Lipinski definition) is 7. The molecule has 29 heavy (non-hydrogen) atoms. The Kier molecular flexibility index (Phi) is 8.26. The number of carbonyl (C=O) groups is 1. The number of hydrogen-bond donors (Lipinski definition) is 2. The highest BCUT2D eigenvalue weighted by Gasteiger charge is 2.36. The normalized spacial score (nSPS) is 23.5. The number of nitrogens with zero attached hydrogens (tertiary/aromatic N) is 3. The van der Waals surface area contributed by atoms with Crippen LogP contribution in [0.1, 0.15) is 12.5 Å². The molecule has 1 aromatic rings. The van der Waals surface area contributed by atoms with Gasteiger partial charge in [-0.3, -0.25) is 14.6 Å². The predicted molar refractivity (Wildman–Crippen MR) is 109 cm³/mol. The molecule has 2 aliphatic rings. The molecule has 0 spiro atoms. The average molecular weight is 408 g/mol. The molecule has 2 saturated heterocycles. The van der Waals surface area contributed by atoms with Crippen LogP contribution in [0.25, 0.3) is 0 Å². The third-order valence-corrected chi connectivity index (χ3v) is 5.62. The maximum atomic E-state index is 11.5. The average Bonchev–Trinajstić information content (AvgIpc) is 3.09. The lowest BCUT2D eigenvalue weighted by Gasteiger charge is -2.38. The maximum Gasteiger partial charge on any atom is 0.219 e. The molecule has 3 rings (SSSR count). The van der Waals surface area contributed by atoms with Crippen molar-refractivity contribution in [1.29, 1.82) is 0 Å². The fraction of sp³-hybridized carbons (Fsp3) is 0.667. The van der Waals surface area contributed by atoms with Gasteiger partial charge in [0.25, 0.3) is 0 Å². The second-order valence-corrected chi connectivity index (χ2v) is 7.70. The van der Waals surface area contributed by atoms with Crippen LogP contribution in [0.3, 0.4) is 0 Å². The number of ether oxygens (including phenoxy) is 2. The van der Waals surface area contributed by atoms with E-state index in [0.29, 0.717) is 26.4 Å². The molecule has 8 nitrogen and oxygen atoms in total. The fourth-order valence-corrected chi connectivity index (χ4v) is 4.04. The predicted octanol–water partition coefficient (Wildman–Crippen LogP) is -0.216. The van der Waals surface area contributed by atoms with Gasteiger partial charge in [0.05, 0.1) is 25.9 Å². The van der Waals surface area contributed by atoms with Gasteiger partial charge < -0.3 is 24.6 Å². The van der Waals surface area contributed by atoms with Gasteiger partial charge >= 0.3 is 0 Å². The number of carbonyl (C=O) groups excluding carboxylic acids is 1. The minimum atomic E-state index is -0.361. The number of amides is 1. The SMILES string of the molecule is CC(=O)N1CCN([C@H]2CN(Cc3ccc(OCCOCCO)cc3)C[C@@H]2O)CC1. The zero-order chi connectivity index (χ0) is 20.6. The van der Waals surface area contributed by atoms with Gasteiger partial charge in [0.2, 0.25) is 5.91 Å². The number of β-amino-alcohol motifs (C(OH)–C–C–N with tert-alkyl or cyclic N) is 1. The van der Waals surface area contributed by atoms with Crippen molar-refractivity contribution in [3.63, 3.8) is 0 Å². The van der Waals surface area contributed by atoms with Crippen molar-refractivity contribution in [1.82, 2.24) is 14.7 Å². The Hall–Kier alpha value is -1.71. The summed E-state index contributed by atoms with van der Waals surface area (Å²) in [5, 5.41) is 19.2. The lowest BCUT2D eigenvalue weighted by atomic mass is 10.1. The highest BCUT2D eigenvalue weighted by molar-refractivity contribution is 5.73. The van der Waals surface area contributed by atoms with Crippen LogP contribution in [0.15, 0.2) is 24.3 Å². The van der Waals surface area contributed by atoms with Gasteiger partial charge in [-0.2, -0.15) is 0 Å². The Morgan fingerprint density at radius 2 is 1.79 bits per heavy atom. The summed E-state index contributed by atoms with van der Waals surface area (Å²) in [6.45, 7) is 8.30. The first-order chi connectivity index (χ1) is 14.1. The number of aliphatic hydroxyl groups excluding tert-OH is 2. The van der Waals surface area contributed by atoms with E-state index in [-0.39, 0.29) is 24.7 Å². The van der Waals surface area contributed by atoms with Crippen molar-refractivity contribution in [2.24, 2.45) is 0 Å². The molecule has 2 atom stereocenters. The van der Waals surface area contributed by atoms with Gasteiger partial charge in [0.1, 0.15) is 12.4 Å². The number of benzene rings is 1. The molecule has 1 amide bonds. The number of likely N-dealkylation sites (tertiary alicyclic amines) is 1. The lowest BCUT2D eigenvalue weighted by molar-refractivity contribution is -0.131. The fourth-order valence-electron chi connectivity index (χ4n) is 4.04. The summed E-state index contributed by atoms with van der Waals surface area (Å²) in [7, 11) is 0. The Labute approximate surface area is 172 Å². The first-order valence-corrected chi connectivity index (χ1v) is 10.4. The van der Waals surface area contributed by atoms with Crippen molar-refractivity contribution >= 4 is 5.91 Å². The van der Waals surface area contributed by atoms with E-state index in [1.54, 1.807) is 6.92 Å². The summed E-state index contributed by atoms with van der Waals surface area (Å²) in [6.07, 6.45) is -0.361. The highest BCUT2D eigenvalue weighted by atomic mass is 16.5. The molecule has 8 heteroatoms. The second-order valence-electron chi connectivity index (χ2n) is 7.70.